The molecule has 0 radical (unpaired) electrons. The van der Waals surface area contributed by atoms with Gasteiger partial charge in [-0.2, -0.15) is 8.42 Å². The first-order valence-electron chi connectivity index (χ1n) is 3.04. The number of nitrogens with two attached hydrogens (primary N) is 1. The van der Waals surface area contributed by atoms with E-state index >= 15 is 0 Å². The van der Waals surface area contributed by atoms with Crippen molar-refractivity contribution in [2.75, 3.05) is 5.73 Å². The molecular weight excluding hydrogens is 459 g/mol. The number of hydrogen-bond acceptors (Lipinski definition) is 3. The van der Waals surface area contributed by atoms with Gasteiger partial charge in [-0.1, -0.05) is 0 Å². The van der Waals surface area contributed by atoms with E-state index in [1.165, 1.54) is 12.1 Å². The molecule has 0 aliphatic heterocycles. The van der Waals surface area contributed by atoms with Crippen LogP contribution in [0.5, 0.6) is 0 Å². The predicted molar refractivity (Wildman–Crippen MR) is 67.2 cm³/mol. The Morgan fingerprint density at radius 2 is 1.64 bits per heavy atom. The van der Waals surface area contributed by atoms with Crippen LogP contribution >= 0.6 is 45.2 Å². The van der Waals surface area contributed by atoms with Gasteiger partial charge >= 0.3 is 51.4 Å². The first-order valence-corrected chi connectivity index (χ1v) is 6.64. The Morgan fingerprint density at radius 3 is 1.93 bits per heavy atom. The van der Waals surface area contributed by atoms with E-state index in [2.05, 4.69) is 0 Å². The molecule has 0 spiro atoms. The van der Waals surface area contributed by atoms with E-state index in [0.717, 1.165) is 0 Å². The minimum Gasteiger partial charge on any atom is -1.00 e. The Labute approximate surface area is 153 Å². The van der Waals surface area contributed by atoms with Gasteiger partial charge in [-0.15, -0.1) is 0 Å². The van der Waals surface area contributed by atoms with Gasteiger partial charge in [0.25, 0.3) is 10.1 Å². The summed E-state index contributed by atoms with van der Waals surface area (Å²) in [6.45, 7) is 0. The van der Waals surface area contributed by atoms with E-state index in [-0.39, 0.29) is 57.7 Å². The quantitative estimate of drug-likeness (QED) is 0.238. The Bertz CT molecular complexity index is 431. The third-order valence-corrected chi connectivity index (χ3v) is 3.97. The molecule has 0 amide bonds. The van der Waals surface area contributed by atoms with Crippen molar-refractivity contribution in [2.24, 2.45) is 0 Å². The molecule has 0 bridgehead atoms. The van der Waals surface area contributed by atoms with Gasteiger partial charge in [0.05, 0.1) is 10.6 Å². The normalized spacial score (nSPS) is 10.8. The number of hydrogen-bond donors (Lipinski definition) is 2. The minimum atomic E-state index is -4.13. The Hall–Kier alpha value is 2.03. The topological polar surface area (TPSA) is 80.4 Å². The number of anilines is 1. The summed E-state index contributed by atoms with van der Waals surface area (Å²) in [5, 5.41) is 0. The van der Waals surface area contributed by atoms with Crippen LogP contribution in [0.2, 0.25) is 0 Å². The molecule has 8 heteroatoms. The second-order valence-corrected chi connectivity index (χ2v) is 6.02. The second kappa shape index (κ2) is 6.09. The fourth-order valence-electron chi connectivity index (χ4n) is 0.710. The molecular formula is C6H6I2KNO3S. The maximum Gasteiger partial charge on any atom is 1.00 e. The molecule has 0 fully saturated rings. The van der Waals surface area contributed by atoms with Crippen molar-refractivity contribution in [3.63, 3.8) is 0 Å². The van der Waals surface area contributed by atoms with E-state index in [9.17, 15) is 8.42 Å². The van der Waals surface area contributed by atoms with Crippen LogP contribution in [-0.2, 0) is 10.1 Å². The first kappa shape index (κ1) is 16.0. The second-order valence-electron chi connectivity index (χ2n) is 2.28. The molecule has 0 atom stereocenters. The van der Waals surface area contributed by atoms with Crippen LogP contribution in [-0.4, -0.2) is 13.0 Å². The maximum atomic E-state index is 10.8. The van der Waals surface area contributed by atoms with Crippen molar-refractivity contribution in [2.45, 2.75) is 4.90 Å². The zero-order chi connectivity index (χ0) is 10.2. The summed E-state index contributed by atoms with van der Waals surface area (Å²) in [5.74, 6) is 0. The molecule has 4 nitrogen and oxygen atoms in total. The summed E-state index contributed by atoms with van der Waals surface area (Å²) in [5.41, 5.74) is 6.12. The van der Waals surface area contributed by atoms with E-state index in [4.69, 9.17) is 10.3 Å². The van der Waals surface area contributed by atoms with Gasteiger partial charge in [0, 0.05) is 7.14 Å². The monoisotopic (exact) mass is 465 g/mol. The molecule has 1 aromatic carbocycles. The molecule has 0 aliphatic rings. The first-order chi connectivity index (χ1) is 5.82. The third-order valence-electron chi connectivity index (χ3n) is 1.35. The summed E-state index contributed by atoms with van der Waals surface area (Å²) in [6.07, 6.45) is 0. The Balaban J connectivity index is 0. The summed E-state index contributed by atoms with van der Waals surface area (Å²) in [6, 6.07) is 2.65. The fourth-order valence-corrected chi connectivity index (χ4v) is 3.43. The molecule has 0 unspecified atom stereocenters. The van der Waals surface area contributed by atoms with E-state index < -0.39 is 10.1 Å². The Kier molecular flexibility index (Phi) is 6.98. The largest absolute Gasteiger partial charge is 1.00 e. The van der Waals surface area contributed by atoms with Crippen LogP contribution in [0.3, 0.4) is 0 Å². The van der Waals surface area contributed by atoms with Crippen molar-refractivity contribution in [3.05, 3.63) is 19.3 Å². The van der Waals surface area contributed by atoms with Crippen molar-refractivity contribution in [1.29, 1.82) is 0 Å². The maximum absolute atomic E-state index is 10.8. The van der Waals surface area contributed by atoms with Crippen LogP contribution in [0.15, 0.2) is 17.0 Å². The van der Waals surface area contributed by atoms with Crippen molar-refractivity contribution in [3.8, 4) is 0 Å². The zero-order valence-electron chi connectivity index (χ0n) is 8.16. The molecule has 0 heterocycles. The number of benzene rings is 1. The van der Waals surface area contributed by atoms with Crippen molar-refractivity contribution < 1.29 is 65.8 Å². The van der Waals surface area contributed by atoms with E-state index in [1.807, 2.05) is 45.2 Å². The predicted octanol–water partition coefficient (Wildman–Crippen LogP) is -1.16. The fraction of sp³-hybridized carbons (Fsp3) is 0. The van der Waals surface area contributed by atoms with Gasteiger partial charge in [-0.05, 0) is 57.3 Å². The number of rotatable bonds is 1. The van der Waals surface area contributed by atoms with Gasteiger partial charge < -0.3 is 7.16 Å². The van der Waals surface area contributed by atoms with Gasteiger partial charge in [-0.25, -0.2) is 0 Å². The SMILES string of the molecule is Nc1c(I)cc(S(=O)(=O)O)cc1I.[H-].[K+]. The number of halogens is 2. The smallest absolute Gasteiger partial charge is 1.00 e. The molecule has 0 saturated carbocycles. The van der Waals surface area contributed by atoms with Gasteiger partial charge in [0.2, 0.25) is 0 Å². The van der Waals surface area contributed by atoms with Crippen molar-refractivity contribution in [1.82, 2.24) is 0 Å². The minimum absolute atomic E-state index is 0. The Morgan fingerprint density at radius 1 is 1.29 bits per heavy atom. The molecule has 0 saturated heterocycles. The molecule has 0 aromatic heterocycles. The molecule has 0 aliphatic carbocycles. The summed E-state index contributed by atoms with van der Waals surface area (Å²) >= 11 is 3.82. The summed E-state index contributed by atoms with van der Waals surface area (Å²) in [7, 11) is -4.13. The van der Waals surface area contributed by atoms with Crippen LogP contribution in [0.4, 0.5) is 5.69 Å². The van der Waals surface area contributed by atoms with Gasteiger partial charge in [0.15, 0.2) is 0 Å². The third kappa shape index (κ3) is 4.12. The molecule has 1 rings (SSSR count). The van der Waals surface area contributed by atoms with E-state index in [0.29, 0.717) is 12.8 Å². The summed E-state index contributed by atoms with van der Waals surface area (Å²) < 4.78 is 31.5. The van der Waals surface area contributed by atoms with E-state index in [1.54, 1.807) is 0 Å². The molecule has 1 aromatic rings. The van der Waals surface area contributed by atoms with Crippen LogP contribution in [0.1, 0.15) is 1.43 Å². The molecule has 74 valence electrons. The van der Waals surface area contributed by atoms with Crippen molar-refractivity contribution >= 4 is 61.0 Å². The molecule has 3 N–H and O–H groups in total. The molecule has 14 heavy (non-hydrogen) atoms. The van der Waals surface area contributed by atoms with Gasteiger partial charge in [0.1, 0.15) is 0 Å². The average Bonchev–Trinajstić information content (AvgIpc) is 1.97. The van der Waals surface area contributed by atoms with Crippen LogP contribution in [0.25, 0.3) is 0 Å². The zero-order valence-corrected chi connectivity index (χ0v) is 15.4. The van der Waals surface area contributed by atoms with Crippen LogP contribution in [0, 0.1) is 7.14 Å². The van der Waals surface area contributed by atoms with Gasteiger partial charge in [-0.3, -0.25) is 4.55 Å². The number of nitrogen functional groups attached to an aromatic ring is 1. The standard InChI is InChI=1S/C6H5I2NO3S.K.H/c7-4-1-3(13(10,11)12)2-5(8)6(4)9;;/h1-2H,9H2,(H,10,11,12);;/q;+1;-1. The average molecular weight is 465 g/mol. The van der Waals surface area contributed by atoms with Crippen LogP contribution < -0.4 is 57.1 Å². The summed E-state index contributed by atoms with van der Waals surface area (Å²) in [4.78, 5) is -0.129.